The number of fused-ring (bicyclic) bond motifs is 1. The molecule has 1 aromatic heterocycles. The van der Waals surface area contributed by atoms with Crippen LogP contribution in [0.1, 0.15) is 33.1 Å². The van der Waals surface area contributed by atoms with Crippen LogP contribution >= 0.6 is 0 Å². The number of likely N-dealkylation sites (tertiary alicyclic amines) is 1. The fourth-order valence-corrected chi connectivity index (χ4v) is 4.86. The van der Waals surface area contributed by atoms with Crippen molar-refractivity contribution in [3.8, 4) is 0 Å². The average molecular weight is 428 g/mol. The molecule has 1 atom stereocenters. The molecule has 2 aromatic rings. The number of aryl methyl sites for hydroxylation is 1. The van der Waals surface area contributed by atoms with Gasteiger partial charge in [-0.3, -0.25) is 23.6 Å². The van der Waals surface area contributed by atoms with E-state index >= 15 is 0 Å². The van der Waals surface area contributed by atoms with Gasteiger partial charge < -0.3 is 9.80 Å². The first kappa shape index (κ1) is 21.6. The Hall–Kier alpha value is -2.61. The molecule has 0 bridgehead atoms. The highest BCUT2D eigenvalue weighted by atomic mass is 16.2. The van der Waals surface area contributed by atoms with Crippen molar-refractivity contribution in [3.63, 3.8) is 0 Å². The number of para-hydroxylation sites is 2. The van der Waals surface area contributed by atoms with Crippen molar-refractivity contribution in [1.29, 1.82) is 0 Å². The van der Waals surface area contributed by atoms with Gasteiger partial charge in [0.25, 0.3) is 0 Å². The first-order chi connectivity index (χ1) is 15.0. The highest BCUT2D eigenvalue weighted by molar-refractivity contribution is 5.82. The first-order valence-electron chi connectivity index (χ1n) is 11.5. The minimum Gasteiger partial charge on any atom is -0.341 e. The number of piperidine rings is 1. The second kappa shape index (κ2) is 9.26. The number of amides is 2. The molecule has 0 N–H and O–H groups in total. The van der Waals surface area contributed by atoms with Crippen LogP contribution in [0.5, 0.6) is 0 Å². The molecular weight excluding hydrogens is 394 g/mol. The lowest BCUT2D eigenvalue weighted by Crippen LogP contribution is -2.56. The molecule has 1 unspecified atom stereocenters. The number of aromatic nitrogens is 2. The zero-order chi connectivity index (χ0) is 22.0. The Morgan fingerprint density at radius 3 is 2.10 bits per heavy atom. The molecule has 0 radical (unpaired) electrons. The quantitative estimate of drug-likeness (QED) is 0.723. The maximum atomic E-state index is 13.0. The molecule has 0 saturated carbocycles. The van der Waals surface area contributed by atoms with Crippen molar-refractivity contribution < 1.29 is 9.59 Å². The lowest BCUT2D eigenvalue weighted by molar-refractivity contribution is -0.139. The minimum atomic E-state index is -0.152. The zero-order valence-corrected chi connectivity index (χ0v) is 18.6. The molecule has 31 heavy (non-hydrogen) atoms. The summed E-state index contributed by atoms with van der Waals surface area (Å²) in [5.41, 5.74) is 1.51. The van der Waals surface area contributed by atoms with Crippen LogP contribution in [0.3, 0.4) is 0 Å². The normalized spacial score (nSPS) is 19.0. The number of rotatable bonds is 5. The van der Waals surface area contributed by atoms with Crippen molar-refractivity contribution in [2.24, 2.45) is 0 Å². The molecule has 8 nitrogen and oxygen atoms in total. The number of carbonyl (C=O) groups is 2. The number of hydrogen-bond donors (Lipinski definition) is 0. The van der Waals surface area contributed by atoms with Gasteiger partial charge in [-0.25, -0.2) is 4.79 Å². The Bertz CT molecular complexity index is 996. The van der Waals surface area contributed by atoms with Crippen molar-refractivity contribution >= 4 is 22.8 Å². The van der Waals surface area contributed by atoms with E-state index in [0.717, 1.165) is 37.0 Å². The summed E-state index contributed by atoms with van der Waals surface area (Å²) in [7, 11) is 0. The maximum Gasteiger partial charge on any atom is 0.329 e. The van der Waals surface area contributed by atoms with E-state index < -0.39 is 0 Å². The second-order valence-corrected chi connectivity index (χ2v) is 8.58. The van der Waals surface area contributed by atoms with Gasteiger partial charge >= 0.3 is 5.69 Å². The average Bonchev–Trinajstić information content (AvgIpc) is 3.09. The van der Waals surface area contributed by atoms with Gasteiger partial charge in [0.2, 0.25) is 11.8 Å². The fourth-order valence-electron chi connectivity index (χ4n) is 4.86. The number of carbonyl (C=O) groups excluding carboxylic acids is 2. The lowest BCUT2D eigenvalue weighted by Gasteiger charge is -2.39. The molecule has 1 aromatic carbocycles. The maximum absolute atomic E-state index is 13.0. The first-order valence-corrected chi connectivity index (χ1v) is 11.5. The molecule has 168 valence electrons. The molecular formula is C23H33N5O3. The van der Waals surface area contributed by atoms with Crippen LogP contribution in [0.15, 0.2) is 29.1 Å². The summed E-state index contributed by atoms with van der Waals surface area (Å²) in [6, 6.07) is 7.46. The van der Waals surface area contributed by atoms with Gasteiger partial charge in [0, 0.05) is 45.8 Å². The smallest absolute Gasteiger partial charge is 0.329 e. The van der Waals surface area contributed by atoms with E-state index in [1.54, 1.807) is 9.13 Å². The molecule has 3 heterocycles. The largest absolute Gasteiger partial charge is 0.341 e. The van der Waals surface area contributed by atoms with Gasteiger partial charge in [-0.05, 0) is 45.2 Å². The van der Waals surface area contributed by atoms with Gasteiger partial charge in [-0.1, -0.05) is 12.1 Å². The Morgan fingerprint density at radius 2 is 1.48 bits per heavy atom. The van der Waals surface area contributed by atoms with Crippen LogP contribution in [-0.2, 0) is 22.7 Å². The number of nitrogens with zero attached hydrogens (tertiary/aromatic N) is 5. The Kier molecular flexibility index (Phi) is 6.46. The molecule has 2 amide bonds. The molecule has 8 heteroatoms. The number of hydrogen-bond acceptors (Lipinski definition) is 4. The third-order valence-electron chi connectivity index (χ3n) is 6.77. The molecule has 2 aliphatic rings. The highest BCUT2D eigenvalue weighted by Crippen LogP contribution is 2.16. The number of piperazine rings is 1. The highest BCUT2D eigenvalue weighted by Gasteiger charge is 2.30. The Labute approximate surface area is 183 Å². The van der Waals surface area contributed by atoms with Crippen molar-refractivity contribution in [1.82, 2.24) is 23.8 Å². The predicted molar refractivity (Wildman–Crippen MR) is 120 cm³/mol. The summed E-state index contributed by atoms with van der Waals surface area (Å²) in [5, 5.41) is 0. The van der Waals surface area contributed by atoms with E-state index in [0.29, 0.717) is 32.7 Å². The van der Waals surface area contributed by atoms with Crippen molar-refractivity contribution in [2.75, 3.05) is 39.3 Å². The SMILES string of the molecule is CCn1c(=O)n(CC(=O)N2CCN(C(C)C(=O)N3CCCCC3)CC2)c2ccccc21. The summed E-state index contributed by atoms with van der Waals surface area (Å²) in [6.07, 6.45) is 3.39. The summed E-state index contributed by atoms with van der Waals surface area (Å²) < 4.78 is 3.28. The molecule has 0 spiro atoms. The van der Waals surface area contributed by atoms with Gasteiger partial charge in [0.1, 0.15) is 6.54 Å². The number of imidazole rings is 1. The van der Waals surface area contributed by atoms with Crippen LogP contribution in [0.25, 0.3) is 11.0 Å². The van der Waals surface area contributed by atoms with E-state index in [2.05, 4.69) is 4.90 Å². The van der Waals surface area contributed by atoms with Crippen molar-refractivity contribution in [2.45, 2.75) is 52.2 Å². The summed E-state index contributed by atoms with van der Waals surface area (Å²) in [4.78, 5) is 44.6. The van der Waals surface area contributed by atoms with E-state index in [9.17, 15) is 14.4 Å². The number of benzene rings is 1. The van der Waals surface area contributed by atoms with Gasteiger partial charge in [0.15, 0.2) is 0 Å². The van der Waals surface area contributed by atoms with Crippen LogP contribution in [0.2, 0.25) is 0 Å². The summed E-state index contributed by atoms with van der Waals surface area (Å²) in [6.45, 7) is 8.78. The van der Waals surface area contributed by atoms with Crippen LogP contribution in [0, 0.1) is 0 Å². The standard InChI is InChI=1S/C23H33N5O3/c1-3-27-19-9-5-6-10-20(19)28(23(27)31)17-21(29)25-15-13-24(14-16-25)18(2)22(30)26-11-7-4-8-12-26/h5-6,9-10,18H,3-4,7-8,11-17H2,1-2H3. The van der Waals surface area contributed by atoms with E-state index in [1.165, 1.54) is 6.42 Å². The predicted octanol–water partition coefficient (Wildman–Crippen LogP) is 1.37. The molecule has 2 fully saturated rings. The Balaban J connectivity index is 1.38. The van der Waals surface area contributed by atoms with Crippen LogP contribution < -0.4 is 5.69 Å². The Morgan fingerprint density at radius 1 is 0.871 bits per heavy atom. The third-order valence-corrected chi connectivity index (χ3v) is 6.77. The minimum absolute atomic E-state index is 0.0456. The van der Waals surface area contributed by atoms with Gasteiger partial charge in [0.05, 0.1) is 17.1 Å². The zero-order valence-electron chi connectivity index (χ0n) is 18.6. The van der Waals surface area contributed by atoms with E-state index in [-0.39, 0.29) is 30.1 Å². The fraction of sp³-hybridized carbons (Fsp3) is 0.609. The lowest BCUT2D eigenvalue weighted by atomic mass is 10.1. The van der Waals surface area contributed by atoms with E-state index in [1.807, 2.05) is 47.9 Å². The van der Waals surface area contributed by atoms with Gasteiger partial charge in [-0.2, -0.15) is 0 Å². The van der Waals surface area contributed by atoms with E-state index in [4.69, 9.17) is 0 Å². The monoisotopic (exact) mass is 427 g/mol. The summed E-state index contributed by atoms with van der Waals surface area (Å²) in [5.74, 6) is 0.161. The van der Waals surface area contributed by atoms with Crippen LogP contribution in [-0.4, -0.2) is 81.0 Å². The molecule has 2 aliphatic heterocycles. The molecule has 0 aliphatic carbocycles. The third kappa shape index (κ3) is 4.26. The van der Waals surface area contributed by atoms with Gasteiger partial charge in [-0.15, -0.1) is 0 Å². The molecule has 4 rings (SSSR count). The molecule has 2 saturated heterocycles. The van der Waals surface area contributed by atoms with Crippen molar-refractivity contribution in [3.05, 3.63) is 34.7 Å². The second-order valence-electron chi connectivity index (χ2n) is 8.58. The topological polar surface area (TPSA) is 70.8 Å². The summed E-state index contributed by atoms with van der Waals surface area (Å²) >= 11 is 0. The van der Waals surface area contributed by atoms with Crippen LogP contribution in [0.4, 0.5) is 0 Å².